The topological polar surface area (TPSA) is 79.6 Å². The molecule has 0 radical (unpaired) electrons. The maximum atomic E-state index is 12.3. The van der Waals surface area contributed by atoms with E-state index in [0.29, 0.717) is 6.42 Å². The lowest BCUT2D eigenvalue weighted by molar-refractivity contribution is -0.118. The molecule has 1 fully saturated rings. The predicted octanol–water partition coefficient (Wildman–Crippen LogP) is 1.62. The second-order valence-electron chi connectivity index (χ2n) is 7.36. The van der Waals surface area contributed by atoms with Crippen LogP contribution in [0, 0.1) is 11.3 Å². The van der Waals surface area contributed by atoms with Gasteiger partial charge in [-0.3, -0.25) is 4.79 Å². The fourth-order valence-electron chi connectivity index (χ4n) is 2.88. The van der Waals surface area contributed by atoms with Crippen LogP contribution in [-0.4, -0.2) is 61.3 Å². The van der Waals surface area contributed by atoms with Crippen LogP contribution >= 0.6 is 0 Å². The van der Waals surface area contributed by atoms with Crippen molar-refractivity contribution in [1.29, 1.82) is 5.26 Å². The van der Waals surface area contributed by atoms with Gasteiger partial charge >= 0.3 is 0 Å². The zero-order chi connectivity index (χ0) is 19.2. The van der Waals surface area contributed by atoms with E-state index in [1.54, 1.807) is 6.08 Å². The van der Waals surface area contributed by atoms with Crippen LogP contribution in [0.5, 0.6) is 0 Å². The van der Waals surface area contributed by atoms with E-state index in [2.05, 4.69) is 22.2 Å². The van der Waals surface area contributed by atoms with Crippen molar-refractivity contribution in [3.63, 3.8) is 0 Å². The average molecular weight is 356 g/mol. The van der Waals surface area contributed by atoms with E-state index in [1.165, 1.54) is 0 Å². The number of hydrogen-bond donors (Lipinski definition) is 2. The zero-order valence-corrected chi connectivity index (χ0v) is 15.8. The number of aliphatic hydroxyl groups excluding tert-OH is 1. The molecular weight excluding hydrogens is 328 g/mol. The first-order valence-electron chi connectivity index (χ1n) is 8.93. The van der Waals surface area contributed by atoms with Crippen LogP contribution in [0.15, 0.2) is 29.8 Å². The summed E-state index contributed by atoms with van der Waals surface area (Å²) in [6.45, 7) is 7.71. The molecular formula is C20H28N4O2. The highest BCUT2D eigenvalue weighted by Crippen LogP contribution is 2.19. The minimum Gasteiger partial charge on any atom is -0.396 e. The molecule has 1 aliphatic rings. The molecule has 6 nitrogen and oxygen atoms in total. The van der Waals surface area contributed by atoms with Gasteiger partial charge in [-0.15, -0.1) is 0 Å². The minimum atomic E-state index is -0.562. The summed E-state index contributed by atoms with van der Waals surface area (Å²) in [5, 5.41) is 21.2. The Labute approximate surface area is 155 Å². The van der Waals surface area contributed by atoms with Gasteiger partial charge in [-0.2, -0.15) is 5.26 Å². The molecule has 1 aromatic rings. The Morgan fingerprint density at radius 2 is 1.88 bits per heavy atom. The number of nitrogens with one attached hydrogen (secondary N) is 1. The zero-order valence-electron chi connectivity index (χ0n) is 15.8. The molecule has 0 unspecified atom stereocenters. The quantitative estimate of drug-likeness (QED) is 0.598. The van der Waals surface area contributed by atoms with Crippen molar-refractivity contribution in [2.75, 3.05) is 44.7 Å². The highest BCUT2D eigenvalue weighted by Gasteiger charge is 2.22. The monoisotopic (exact) mass is 356 g/mol. The van der Waals surface area contributed by atoms with E-state index in [1.807, 2.05) is 44.2 Å². The average Bonchev–Trinajstić information content (AvgIpc) is 2.60. The third kappa shape index (κ3) is 5.58. The highest BCUT2D eigenvalue weighted by atomic mass is 16.3. The molecule has 1 aromatic carbocycles. The van der Waals surface area contributed by atoms with Gasteiger partial charge in [0, 0.05) is 44.0 Å². The fraction of sp³-hybridized carbons (Fsp3) is 0.500. The van der Waals surface area contributed by atoms with Crippen molar-refractivity contribution in [2.45, 2.75) is 25.8 Å². The molecule has 0 atom stereocenters. The van der Waals surface area contributed by atoms with Crippen LogP contribution in [-0.2, 0) is 4.79 Å². The van der Waals surface area contributed by atoms with Gasteiger partial charge in [-0.1, -0.05) is 12.1 Å². The maximum absolute atomic E-state index is 12.3. The Kier molecular flexibility index (Phi) is 6.78. The maximum Gasteiger partial charge on any atom is 0.262 e. The molecule has 2 rings (SSSR count). The van der Waals surface area contributed by atoms with Gasteiger partial charge in [-0.05, 0) is 51.1 Å². The summed E-state index contributed by atoms with van der Waals surface area (Å²) in [7, 11) is 2.13. The molecule has 1 amide bonds. The van der Waals surface area contributed by atoms with Crippen molar-refractivity contribution in [3.8, 4) is 6.07 Å². The SMILES string of the molecule is CN1CCN(c2ccc(/C=C(\C#N)C(=O)NC(C)(C)CCO)cc2)CC1. The van der Waals surface area contributed by atoms with E-state index in [9.17, 15) is 10.1 Å². The molecule has 0 aromatic heterocycles. The van der Waals surface area contributed by atoms with Crippen LogP contribution in [0.3, 0.4) is 0 Å². The number of hydrogen-bond acceptors (Lipinski definition) is 5. The van der Waals surface area contributed by atoms with Gasteiger partial charge < -0.3 is 20.2 Å². The van der Waals surface area contributed by atoms with Gasteiger partial charge in [0.1, 0.15) is 11.6 Å². The van der Waals surface area contributed by atoms with Crippen LogP contribution in [0.4, 0.5) is 5.69 Å². The first kappa shape index (κ1) is 20.0. The molecule has 1 heterocycles. The number of piperazine rings is 1. The van der Waals surface area contributed by atoms with E-state index in [-0.39, 0.29) is 12.2 Å². The first-order valence-corrected chi connectivity index (χ1v) is 8.93. The summed E-state index contributed by atoms with van der Waals surface area (Å²) >= 11 is 0. The summed E-state index contributed by atoms with van der Waals surface area (Å²) < 4.78 is 0. The van der Waals surface area contributed by atoms with Crippen molar-refractivity contribution < 1.29 is 9.90 Å². The molecule has 0 saturated carbocycles. The Morgan fingerprint density at radius 3 is 2.42 bits per heavy atom. The molecule has 1 aliphatic heterocycles. The fourth-order valence-corrected chi connectivity index (χ4v) is 2.88. The number of nitriles is 1. The van der Waals surface area contributed by atoms with Crippen LogP contribution in [0.2, 0.25) is 0 Å². The Bertz CT molecular complexity index is 681. The van der Waals surface area contributed by atoms with Gasteiger partial charge in [0.05, 0.1) is 0 Å². The summed E-state index contributed by atoms with van der Waals surface area (Å²) in [4.78, 5) is 17.0. The number of carbonyl (C=O) groups excluding carboxylic acids is 1. The first-order chi connectivity index (χ1) is 12.3. The van der Waals surface area contributed by atoms with Gasteiger partial charge in [0.25, 0.3) is 5.91 Å². The molecule has 6 heteroatoms. The largest absolute Gasteiger partial charge is 0.396 e. The Morgan fingerprint density at radius 1 is 1.27 bits per heavy atom. The molecule has 1 saturated heterocycles. The lowest BCUT2D eigenvalue weighted by atomic mass is 10.0. The summed E-state index contributed by atoms with van der Waals surface area (Å²) in [6.07, 6.45) is 2.02. The molecule has 0 spiro atoms. The predicted molar refractivity (Wildman–Crippen MR) is 104 cm³/mol. The number of aliphatic hydroxyl groups is 1. The van der Waals surface area contributed by atoms with Crippen LogP contribution in [0.1, 0.15) is 25.8 Å². The summed E-state index contributed by atoms with van der Waals surface area (Å²) in [5.41, 5.74) is 1.47. The normalized spacial score (nSPS) is 16.3. The molecule has 0 bridgehead atoms. The van der Waals surface area contributed by atoms with Crippen LogP contribution in [0.25, 0.3) is 6.08 Å². The van der Waals surface area contributed by atoms with E-state index < -0.39 is 11.4 Å². The number of carbonyl (C=O) groups is 1. The lowest BCUT2D eigenvalue weighted by Gasteiger charge is -2.34. The number of likely N-dealkylation sites (N-methyl/N-ethyl adjacent to an activating group) is 1. The van der Waals surface area contributed by atoms with Crippen molar-refractivity contribution in [2.24, 2.45) is 0 Å². The standard InChI is InChI=1S/C20H28N4O2/c1-20(2,8-13-25)22-19(26)17(15-21)14-16-4-6-18(7-5-16)24-11-9-23(3)10-12-24/h4-7,14,25H,8-13H2,1-3H3,(H,22,26)/b17-14+. The van der Waals surface area contributed by atoms with Gasteiger partial charge in [0.15, 0.2) is 0 Å². The summed E-state index contributed by atoms with van der Waals surface area (Å²) in [6, 6.07) is 9.88. The van der Waals surface area contributed by atoms with E-state index >= 15 is 0 Å². The van der Waals surface area contributed by atoms with Crippen molar-refractivity contribution in [3.05, 3.63) is 35.4 Å². The number of benzene rings is 1. The van der Waals surface area contributed by atoms with E-state index in [0.717, 1.165) is 37.4 Å². The summed E-state index contributed by atoms with van der Waals surface area (Å²) in [5.74, 6) is -0.422. The van der Waals surface area contributed by atoms with Crippen molar-refractivity contribution >= 4 is 17.7 Å². The molecule has 2 N–H and O–H groups in total. The second kappa shape index (κ2) is 8.84. The molecule has 0 aliphatic carbocycles. The molecule has 26 heavy (non-hydrogen) atoms. The third-order valence-electron chi connectivity index (χ3n) is 4.63. The van der Waals surface area contributed by atoms with Crippen LogP contribution < -0.4 is 10.2 Å². The van der Waals surface area contributed by atoms with E-state index in [4.69, 9.17) is 5.11 Å². The van der Waals surface area contributed by atoms with Gasteiger partial charge in [0.2, 0.25) is 0 Å². The third-order valence-corrected chi connectivity index (χ3v) is 4.63. The second-order valence-corrected chi connectivity index (χ2v) is 7.36. The van der Waals surface area contributed by atoms with Crippen molar-refractivity contribution in [1.82, 2.24) is 10.2 Å². The minimum absolute atomic E-state index is 0.0212. The number of nitrogens with zero attached hydrogens (tertiary/aromatic N) is 3. The lowest BCUT2D eigenvalue weighted by Crippen LogP contribution is -2.44. The number of anilines is 1. The Balaban J connectivity index is 2.07. The number of amides is 1. The highest BCUT2D eigenvalue weighted by molar-refractivity contribution is 6.02. The van der Waals surface area contributed by atoms with Gasteiger partial charge in [-0.25, -0.2) is 0 Å². The smallest absolute Gasteiger partial charge is 0.262 e. The Hall–Kier alpha value is -2.36. The molecule has 140 valence electrons. The number of rotatable bonds is 6.